The molecule has 1 aliphatic heterocycles. The van der Waals surface area contributed by atoms with Crippen LogP contribution < -0.4 is 5.32 Å². The molecule has 2 aliphatic rings. The van der Waals surface area contributed by atoms with Crippen LogP contribution in [-0.2, 0) is 4.79 Å². The standard InChI is InChI=1S/C10H11NO/c1-7-3-2-4-8-5-6-11-10(12)9(7)8/h2-7,9H,1H3,(H,11,12)/p+1. The van der Waals surface area contributed by atoms with Crippen LogP contribution in [0.25, 0.3) is 0 Å². The van der Waals surface area contributed by atoms with Gasteiger partial charge in [-0.25, -0.2) is 4.79 Å². The van der Waals surface area contributed by atoms with Gasteiger partial charge in [-0.05, 0) is 17.6 Å². The molecule has 2 heteroatoms. The summed E-state index contributed by atoms with van der Waals surface area (Å²) in [7, 11) is 0. The summed E-state index contributed by atoms with van der Waals surface area (Å²) in [6.07, 6.45) is 9.98. The number of carbonyl (C=O) groups excluding carboxylic acids is 1. The minimum atomic E-state index is 0.0833. The second kappa shape index (κ2) is 2.72. The number of rotatable bonds is 0. The van der Waals surface area contributed by atoms with Gasteiger partial charge in [0.2, 0.25) is 0 Å². The number of primary amides is 1. The maximum Gasteiger partial charge on any atom is 0.323 e. The summed E-state index contributed by atoms with van der Waals surface area (Å²) >= 11 is 0. The Morgan fingerprint density at radius 2 is 2.33 bits per heavy atom. The van der Waals surface area contributed by atoms with Crippen molar-refractivity contribution in [1.82, 2.24) is 0 Å². The molecular formula is C10H12NO+. The normalized spacial score (nSPS) is 33.1. The van der Waals surface area contributed by atoms with Crippen LogP contribution in [0.3, 0.4) is 0 Å². The molecule has 0 aromatic carbocycles. The monoisotopic (exact) mass is 162 g/mol. The Balaban J connectivity index is 2.40. The quantitative estimate of drug-likeness (QED) is 0.548. The first-order valence-electron chi connectivity index (χ1n) is 4.22. The SMILES string of the molecule is CC1C=CC=C2C=C[NH2+]C(=O)C21. The largest absolute Gasteiger partial charge is 0.323 e. The first-order valence-corrected chi connectivity index (χ1v) is 4.22. The molecule has 12 heavy (non-hydrogen) atoms. The third-order valence-electron chi connectivity index (χ3n) is 2.44. The van der Waals surface area contributed by atoms with E-state index in [0.29, 0.717) is 5.92 Å². The Morgan fingerprint density at radius 1 is 1.50 bits per heavy atom. The van der Waals surface area contributed by atoms with Crippen LogP contribution >= 0.6 is 0 Å². The summed E-state index contributed by atoms with van der Waals surface area (Å²) in [5.41, 5.74) is 1.15. The zero-order chi connectivity index (χ0) is 8.55. The topological polar surface area (TPSA) is 33.7 Å². The lowest BCUT2D eigenvalue weighted by molar-refractivity contribution is -0.505. The van der Waals surface area contributed by atoms with Gasteiger partial charge in [0.15, 0.2) is 0 Å². The molecule has 0 fully saturated rings. The summed E-state index contributed by atoms with van der Waals surface area (Å²) < 4.78 is 0. The van der Waals surface area contributed by atoms with Crippen LogP contribution in [0.1, 0.15) is 6.92 Å². The number of fused-ring (bicyclic) bond motifs is 1. The van der Waals surface area contributed by atoms with E-state index >= 15 is 0 Å². The first kappa shape index (κ1) is 7.50. The molecule has 2 rings (SSSR count). The van der Waals surface area contributed by atoms with Gasteiger partial charge in [0.1, 0.15) is 12.1 Å². The second-order valence-electron chi connectivity index (χ2n) is 3.32. The van der Waals surface area contributed by atoms with Crippen LogP contribution in [0.15, 0.2) is 36.1 Å². The molecule has 2 unspecified atom stereocenters. The number of carbonyl (C=O) groups is 1. The average molecular weight is 162 g/mol. The number of nitrogens with two attached hydrogens (primary N) is 1. The Morgan fingerprint density at radius 3 is 3.08 bits per heavy atom. The Bertz CT molecular complexity index is 299. The molecule has 1 heterocycles. The summed E-state index contributed by atoms with van der Waals surface area (Å²) in [6.45, 7) is 2.08. The molecule has 2 atom stereocenters. The highest BCUT2D eigenvalue weighted by molar-refractivity contribution is 5.76. The fraction of sp³-hybridized carbons (Fsp3) is 0.300. The van der Waals surface area contributed by atoms with Crippen molar-refractivity contribution in [2.24, 2.45) is 11.8 Å². The Labute approximate surface area is 71.7 Å². The molecule has 1 amide bonds. The lowest BCUT2D eigenvalue weighted by atomic mass is 9.81. The van der Waals surface area contributed by atoms with Gasteiger partial charge < -0.3 is 0 Å². The summed E-state index contributed by atoms with van der Waals surface area (Å²) in [4.78, 5) is 11.5. The smallest absolute Gasteiger partial charge is 0.257 e. The van der Waals surface area contributed by atoms with E-state index in [4.69, 9.17) is 0 Å². The van der Waals surface area contributed by atoms with Crippen LogP contribution in [-0.4, -0.2) is 5.91 Å². The van der Waals surface area contributed by atoms with Crippen LogP contribution in [0, 0.1) is 11.8 Å². The van der Waals surface area contributed by atoms with Crippen molar-refractivity contribution < 1.29 is 10.1 Å². The summed E-state index contributed by atoms with van der Waals surface area (Å²) in [6, 6.07) is 0. The fourth-order valence-corrected chi connectivity index (χ4v) is 1.80. The van der Waals surface area contributed by atoms with Crippen LogP contribution in [0.4, 0.5) is 0 Å². The predicted molar refractivity (Wildman–Crippen MR) is 45.9 cm³/mol. The lowest BCUT2D eigenvalue weighted by Gasteiger charge is -2.23. The van der Waals surface area contributed by atoms with Gasteiger partial charge in [-0.15, -0.1) is 0 Å². The minimum absolute atomic E-state index is 0.0833. The Kier molecular flexibility index (Phi) is 1.70. The van der Waals surface area contributed by atoms with Crippen molar-refractivity contribution in [2.75, 3.05) is 0 Å². The van der Waals surface area contributed by atoms with Gasteiger partial charge in [0, 0.05) is 0 Å². The predicted octanol–water partition coefficient (Wildman–Crippen LogP) is 0.352. The zero-order valence-corrected chi connectivity index (χ0v) is 7.03. The van der Waals surface area contributed by atoms with Crippen LogP contribution in [0.5, 0.6) is 0 Å². The van der Waals surface area contributed by atoms with E-state index in [1.807, 2.05) is 24.4 Å². The van der Waals surface area contributed by atoms with Crippen molar-refractivity contribution in [3.63, 3.8) is 0 Å². The molecule has 0 aromatic rings. The average Bonchev–Trinajstić information content (AvgIpc) is 2.04. The third-order valence-corrected chi connectivity index (χ3v) is 2.44. The molecule has 62 valence electrons. The second-order valence-corrected chi connectivity index (χ2v) is 3.32. The number of amides is 1. The van der Waals surface area contributed by atoms with Gasteiger partial charge in [-0.2, -0.15) is 0 Å². The van der Waals surface area contributed by atoms with Crippen molar-refractivity contribution in [2.45, 2.75) is 6.92 Å². The number of hydrogen-bond donors (Lipinski definition) is 1. The van der Waals surface area contributed by atoms with E-state index in [0.717, 1.165) is 5.57 Å². The first-order chi connectivity index (χ1) is 5.79. The molecule has 0 aromatic heterocycles. The molecule has 2 N–H and O–H groups in total. The van der Waals surface area contributed by atoms with E-state index in [-0.39, 0.29) is 11.8 Å². The maximum atomic E-state index is 11.5. The fourth-order valence-electron chi connectivity index (χ4n) is 1.80. The van der Waals surface area contributed by atoms with E-state index in [2.05, 4.69) is 13.0 Å². The third kappa shape index (κ3) is 1.04. The number of allylic oxidation sites excluding steroid dienone is 4. The summed E-state index contributed by atoms with van der Waals surface area (Å²) in [5.74, 6) is 0.666. The van der Waals surface area contributed by atoms with Crippen LogP contribution in [0.2, 0.25) is 0 Å². The molecular weight excluding hydrogens is 150 g/mol. The van der Waals surface area contributed by atoms with E-state index in [1.165, 1.54) is 0 Å². The molecule has 0 bridgehead atoms. The van der Waals surface area contributed by atoms with Gasteiger partial charge in [0.25, 0.3) is 0 Å². The van der Waals surface area contributed by atoms with E-state index in [1.54, 1.807) is 5.32 Å². The van der Waals surface area contributed by atoms with Gasteiger partial charge >= 0.3 is 5.91 Å². The minimum Gasteiger partial charge on any atom is -0.257 e. The highest BCUT2D eigenvalue weighted by Gasteiger charge is 2.32. The van der Waals surface area contributed by atoms with Crippen molar-refractivity contribution >= 4 is 5.91 Å². The molecule has 1 aliphatic carbocycles. The highest BCUT2D eigenvalue weighted by Crippen LogP contribution is 2.27. The zero-order valence-electron chi connectivity index (χ0n) is 7.03. The molecule has 0 saturated carbocycles. The van der Waals surface area contributed by atoms with Gasteiger partial charge in [-0.3, -0.25) is 5.32 Å². The van der Waals surface area contributed by atoms with E-state index < -0.39 is 0 Å². The lowest BCUT2D eigenvalue weighted by Crippen LogP contribution is -2.85. The maximum absolute atomic E-state index is 11.5. The van der Waals surface area contributed by atoms with Crippen molar-refractivity contribution in [3.8, 4) is 0 Å². The van der Waals surface area contributed by atoms with Gasteiger partial charge in [-0.1, -0.05) is 25.2 Å². The number of quaternary nitrogens is 1. The van der Waals surface area contributed by atoms with Crippen molar-refractivity contribution in [3.05, 3.63) is 36.1 Å². The van der Waals surface area contributed by atoms with E-state index in [9.17, 15) is 4.79 Å². The van der Waals surface area contributed by atoms with Gasteiger partial charge in [0.05, 0.1) is 0 Å². The molecule has 0 radical (unpaired) electrons. The molecule has 2 nitrogen and oxygen atoms in total. The highest BCUT2D eigenvalue weighted by atomic mass is 16.1. The Hall–Kier alpha value is -1.15. The molecule has 0 spiro atoms. The van der Waals surface area contributed by atoms with Crippen molar-refractivity contribution in [1.29, 1.82) is 0 Å². The summed E-state index contributed by atoms with van der Waals surface area (Å²) in [5, 5.41) is 1.66. The number of hydrogen-bond acceptors (Lipinski definition) is 1. The molecule has 0 saturated heterocycles.